The summed E-state index contributed by atoms with van der Waals surface area (Å²) in [5, 5.41) is 18.4. The molecule has 0 saturated carbocycles. The molecule has 15 heavy (non-hydrogen) atoms. The highest BCUT2D eigenvalue weighted by atomic mass is 79.9. The van der Waals surface area contributed by atoms with E-state index in [1.54, 1.807) is 0 Å². The average Bonchev–Trinajstić information content (AvgIpc) is 1.99. The van der Waals surface area contributed by atoms with E-state index in [1.165, 1.54) is 0 Å². The molecule has 1 rings (SSSR count). The monoisotopic (exact) mass is 354 g/mol. The molecule has 0 bridgehead atoms. The van der Waals surface area contributed by atoms with Crippen LogP contribution >= 0.6 is 62.3 Å². The summed E-state index contributed by atoms with van der Waals surface area (Å²) in [6.45, 7) is 0. The Balaban J connectivity index is 3.47. The normalized spacial score (nSPS) is 23.7. The van der Waals surface area contributed by atoms with Crippen molar-refractivity contribution in [3.63, 3.8) is 0 Å². The van der Waals surface area contributed by atoms with Crippen LogP contribution in [-0.4, -0.2) is 24.8 Å². The Kier molecular flexibility index (Phi) is 3.59. The van der Waals surface area contributed by atoms with E-state index in [-0.39, 0.29) is 4.48 Å². The number of hydrogen-bond donors (Lipinski definition) is 2. The largest absolute Gasteiger partial charge is 0.508 e. The van der Waals surface area contributed by atoms with Crippen LogP contribution in [0.1, 0.15) is 0 Å². The van der Waals surface area contributed by atoms with Crippen LogP contribution in [0.3, 0.4) is 0 Å². The molecule has 2 N–H and O–H groups in total. The zero-order chi connectivity index (χ0) is 12.0. The zero-order valence-electron chi connectivity index (χ0n) is 6.77. The van der Waals surface area contributed by atoms with Gasteiger partial charge in [0, 0.05) is 4.48 Å². The fourth-order valence-corrected chi connectivity index (χ4v) is 2.65. The minimum atomic E-state index is -1.91. The Hall–Kier alpha value is 0.390. The second-order valence-electron chi connectivity index (χ2n) is 2.72. The van der Waals surface area contributed by atoms with Crippen molar-refractivity contribution in [3.8, 4) is 0 Å². The average molecular weight is 357 g/mol. The Bertz CT molecular complexity index is 386. The van der Waals surface area contributed by atoms with Gasteiger partial charge in [0.15, 0.2) is 8.67 Å². The van der Waals surface area contributed by atoms with Gasteiger partial charge in [0.1, 0.15) is 11.3 Å². The first kappa shape index (κ1) is 13.5. The topological polar surface area (TPSA) is 57.5 Å². The van der Waals surface area contributed by atoms with Crippen LogP contribution in [0.4, 0.5) is 0 Å². The van der Waals surface area contributed by atoms with Crippen LogP contribution in [0.2, 0.25) is 0 Å². The number of aliphatic hydroxyl groups excluding tert-OH is 1. The molecule has 0 atom stereocenters. The number of hydrogen-bond acceptors (Lipinski definition) is 2. The van der Waals surface area contributed by atoms with Gasteiger partial charge in [-0.1, -0.05) is 62.3 Å². The fourth-order valence-electron chi connectivity index (χ4n) is 0.989. The van der Waals surface area contributed by atoms with Gasteiger partial charge < -0.3 is 10.2 Å². The SMILES string of the molecule is O=C(O)C1=C(O)C(Cl)(Cl)C=C(Br)C1(Cl)Cl. The molecule has 0 heterocycles. The van der Waals surface area contributed by atoms with Gasteiger partial charge in [0.2, 0.25) is 0 Å². The van der Waals surface area contributed by atoms with Gasteiger partial charge in [-0.25, -0.2) is 4.79 Å². The Morgan fingerprint density at radius 3 is 2.20 bits per heavy atom. The highest BCUT2D eigenvalue weighted by Gasteiger charge is 2.49. The first-order valence-corrected chi connectivity index (χ1v) is 5.73. The van der Waals surface area contributed by atoms with E-state index < -0.39 is 26.0 Å². The number of aliphatic carboxylic acids is 1. The molecule has 1 aliphatic carbocycles. The van der Waals surface area contributed by atoms with E-state index in [1.807, 2.05) is 0 Å². The lowest BCUT2D eigenvalue weighted by molar-refractivity contribution is -0.133. The summed E-state index contributed by atoms with van der Waals surface area (Å²) in [7, 11) is 0. The molecule has 1 aliphatic rings. The standard InChI is InChI=1S/C7H3BrCl4O3/c8-2-1-6(9,10)4(13)3(5(14)15)7(2,11)12/h1,13H,(H,14,15). The second kappa shape index (κ2) is 4.00. The number of carbonyl (C=O) groups is 1. The molecule has 0 saturated heterocycles. The maximum Gasteiger partial charge on any atom is 0.338 e. The highest BCUT2D eigenvalue weighted by Crippen LogP contribution is 2.51. The van der Waals surface area contributed by atoms with E-state index in [9.17, 15) is 9.90 Å². The van der Waals surface area contributed by atoms with Gasteiger partial charge >= 0.3 is 5.97 Å². The van der Waals surface area contributed by atoms with Crippen LogP contribution in [0.25, 0.3) is 0 Å². The first-order chi connectivity index (χ1) is 6.60. The third kappa shape index (κ3) is 2.24. The lowest BCUT2D eigenvalue weighted by Crippen LogP contribution is -2.34. The predicted molar refractivity (Wildman–Crippen MR) is 63.2 cm³/mol. The molecule has 0 spiro atoms. The molecular weight excluding hydrogens is 354 g/mol. The Labute approximate surface area is 113 Å². The predicted octanol–water partition coefficient (Wildman–Crippen LogP) is 3.52. The van der Waals surface area contributed by atoms with Crippen molar-refractivity contribution in [1.29, 1.82) is 0 Å². The Morgan fingerprint density at radius 2 is 1.80 bits per heavy atom. The number of allylic oxidation sites excluding steroid dienone is 2. The third-order valence-electron chi connectivity index (χ3n) is 1.69. The fraction of sp³-hybridized carbons (Fsp3) is 0.286. The van der Waals surface area contributed by atoms with Crippen LogP contribution in [0.15, 0.2) is 21.9 Å². The van der Waals surface area contributed by atoms with Crippen LogP contribution in [0, 0.1) is 0 Å². The second-order valence-corrected chi connectivity index (χ2v) is 6.29. The molecule has 0 aliphatic heterocycles. The van der Waals surface area contributed by atoms with Crippen molar-refractivity contribution >= 4 is 68.3 Å². The molecule has 0 fully saturated rings. The van der Waals surface area contributed by atoms with Crippen LogP contribution in [0.5, 0.6) is 0 Å². The lowest BCUT2D eigenvalue weighted by atomic mass is 10.0. The first-order valence-electron chi connectivity index (χ1n) is 3.42. The molecular formula is C7H3BrCl4O3. The van der Waals surface area contributed by atoms with Crippen molar-refractivity contribution in [2.24, 2.45) is 0 Å². The molecule has 84 valence electrons. The van der Waals surface area contributed by atoms with E-state index in [0.29, 0.717) is 0 Å². The van der Waals surface area contributed by atoms with Crippen molar-refractivity contribution in [2.45, 2.75) is 8.67 Å². The number of carboxylic acids is 1. The quantitative estimate of drug-likeness (QED) is 0.707. The number of rotatable bonds is 1. The summed E-state index contributed by atoms with van der Waals surface area (Å²) in [6.07, 6.45) is 1.11. The van der Waals surface area contributed by atoms with Gasteiger partial charge in [0.25, 0.3) is 0 Å². The van der Waals surface area contributed by atoms with E-state index >= 15 is 0 Å². The number of aliphatic hydroxyl groups is 1. The van der Waals surface area contributed by atoms with Gasteiger partial charge in [0.05, 0.1) is 0 Å². The molecule has 0 unspecified atom stereocenters. The minimum absolute atomic E-state index is 0.0542. The van der Waals surface area contributed by atoms with Gasteiger partial charge in [-0.2, -0.15) is 0 Å². The summed E-state index contributed by atoms with van der Waals surface area (Å²) in [4.78, 5) is 10.9. The van der Waals surface area contributed by atoms with Crippen LogP contribution in [-0.2, 0) is 4.79 Å². The molecule has 0 aromatic carbocycles. The molecule has 0 aromatic rings. The summed E-state index contributed by atoms with van der Waals surface area (Å²) >= 11 is 25.7. The van der Waals surface area contributed by atoms with Crippen molar-refractivity contribution in [2.75, 3.05) is 0 Å². The lowest BCUT2D eigenvalue weighted by Gasteiger charge is -2.30. The summed E-state index contributed by atoms with van der Waals surface area (Å²) in [6, 6.07) is 0. The number of halogens is 5. The summed E-state index contributed by atoms with van der Waals surface area (Å²) in [5.74, 6) is -2.31. The van der Waals surface area contributed by atoms with E-state index in [0.717, 1.165) is 6.08 Å². The van der Waals surface area contributed by atoms with E-state index in [2.05, 4.69) is 15.9 Å². The third-order valence-corrected chi connectivity index (χ3v) is 4.33. The smallest absolute Gasteiger partial charge is 0.338 e. The molecule has 0 aromatic heterocycles. The minimum Gasteiger partial charge on any atom is -0.508 e. The molecule has 3 nitrogen and oxygen atoms in total. The Morgan fingerprint density at radius 1 is 1.33 bits per heavy atom. The zero-order valence-corrected chi connectivity index (χ0v) is 11.4. The molecule has 8 heteroatoms. The summed E-state index contributed by atoms with van der Waals surface area (Å²) < 4.78 is -3.72. The summed E-state index contributed by atoms with van der Waals surface area (Å²) in [5.41, 5.74) is -0.676. The van der Waals surface area contributed by atoms with Gasteiger partial charge in [-0.15, -0.1) is 0 Å². The molecule has 0 amide bonds. The highest BCUT2D eigenvalue weighted by molar-refractivity contribution is 9.11. The number of alkyl halides is 4. The maximum atomic E-state index is 10.9. The van der Waals surface area contributed by atoms with Gasteiger partial charge in [-0.3, -0.25) is 0 Å². The van der Waals surface area contributed by atoms with E-state index in [4.69, 9.17) is 51.5 Å². The van der Waals surface area contributed by atoms with Crippen molar-refractivity contribution < 1.29 is 15.0 Å². The van der Waals surface area contributed by atoms with Crippen molar-refractivity contribution in [3.05, 3.63) is 21.9 Å². The molecule has 0 radical (unpaired) electrons. The van der Waals surface area contributed by atoms with Crippen LogP contribution < -0.4 is 0 Å². The van der Waals surface area contributed by atoms with Crippen molar-refractivity contribution in [1.82, 2.24) is 0 Å². The number of carboxylic acid groups (broad SMARTS) is 1. The maximum absolute atomic E-state index is 10.9. The van der Waals surface area contributed by atoms with Gasteiger partial charge in [-0.05, 0) is 6.08 Å².